The maximum atomic E-state index is 12.6. The number of hydrogen-bond donors (Lipinski definition) is 2. The minimum atomic E-state index is -4.00. The topological polar surface area (TPSA) is 129 Å². The third kappa shape index (κ3) is 6.31. The Kier molecular flexibility index (Phi) is 8.00. The first-order valence-electron chi connectivity index (χ1n) is 8.92. The predicted molar refractivity (Wildman–Crippen MR) is 123 cm³/mol. The van der Waals surface area contributed by atoms with E-state index in [1.807, 2.05) is 0 Å². The van der Waals surface area contributed by atoms with Gasteiger partial charge in [0.15, 0.2) is 0 Å². The van der Waals surface area contributed by atoms with Gasteiger partial charge in [0.05, 0.1) is 50.8 Å². The second-order valence-electron chi connectivity index (χ2n) is 6.12. The van der Waals surface area contributed by atoms with Crippen molar-refractivity contribution in [3.63, 3.8) is 0 Å². The van der Waals surface area contributed by atoms with Crippen molar-refractivity contribution in [3.05, 3.63) is 53.3 Å². The molecule has 2 rings (SSSR count). The van der Waals surface area contributed by atoms with Gasteiger partial charge in [-0.05, 0) is 24.3 Å². The Morgan fingerprint density at radius 2 is 1.38 bits per heavy atom. The first-order chi connectivity index (χ1) is 15.1. The van der Waals surface area contributed by atoms with Gasteiger partial charge in [-0.2, -0.15) is 0 Å². The van der Waals surface area contributed by atoms with Gasteiger partial charge in [-0.3, -0.25) is 9.44 Å². The number of sulfonamides is 2. The summed E-state index contributed by atoms with van der Waals surface area (Å²) >= 11 is 0. The average Bonchev–Trinajstić information content (AvgIpc) is 2.76. The Morgan fingerprint density at radius 1 is 0.781 bits per heavy atom. The van der Waals surface area contributed by atoms with Gasteiger partial charge in [-0.25, -0.2) is 16.8 Å². The molecule has 0 fully saturated rings. The second kappa shape index (κ2) is 10.3. The Hall–Kier alpha value is -3.38. The van der Waals surface area contributed by atoms with Crippen molar-refractivity contribution in [2.24, 2.45) is 0 Å². The molecule has 0 spiro atoms. The Bertz CT molecular complexity index is 1200. The van der Waals surface area contributed by atoms with Crippen molar-refractivity contribution >= 4 is 37.5 Å². The van der Waals surface area contributed by atoms with Crippen LogP contribution in [0.2, 0.25) is 0 Å². The summed E-state index contributed by atoms with van der Waals surface area (Å²) in [5.74, 6) is 1.36. The van der Waals surface area contributed by atoms with Crippen LogP contribution < -0.4 is 28.4 Å². The molecule has 0 amide bonds. The fourth-order valence-electron chi connectivity index (χ4n) is 2.60. The third-order valence-corrected chi connectivity index (χ3v) is 6.06. The molecule has 12 heteroatoms. The summed E-state index contributed by atoms with van der Waals surface area (Å²) in [5.41, 5.74) is 0.524. The smallest absolute Gasteiger partial charge is 0.255 e. The molecular weight excluding hydrogens is 460 g/mol. The van der Waals surface area contributed by atoms with E-state index < -0.39 is 20.0 Å². The van der Waals surface area contributed by atoms with Crippen LogP contribution in [0.15, 0.2) is 47.7 Å². The summed E-state index contributed by atoms with van der Waals surface area (Å²) < 4.78 is 74.3. The van der Waals surface area contributed by atoms with Crippen molar-refractivity contribution in [1.82, 2.24) is 0 Å². The Balaban J connectivity index is 2.37. The van der Waals surface area contributed by atoms with E-state index in [0.717, 1.165) is 10.8 Å². The van der Waals surface area contributed by atoms with Crippen molar-refractivity contribution in [2.45, 2.75) is 0 Å². The van der Waals surface area contributed by atoms with Gasteiger partial charge < -0.3 is 18.9 Å². The van der Waals surface area contributed by atoms with E-state index in [4.69, 9.17) is 18.9 Å². The van der Waals surface area contributed by atoms with E-state index in [9.17, 15) is 16.8 Å². The van der Waals surface area contributed by atoms with E-state index in [2.05, 4.69) is 16.0 Å². The van der Waals surface area contributed by atoms with Crippen LogP contribution in [0.1, 0.15) is 5.56 Å². The summed E-state index contributed by atoms with van der Waals surface area (Å²) in [7, 11) is -2.13. The number of methoxy groups -OCH3 is 4. The standard InChI is InChI=1S/C20H24N2O8S2/c1-6-31(23,24)22-17-11-14(7-8-18(17)28-3)21-32(25,26)10-9-16-19(29-4)12-15(27-2)13-20(16)30-5/h6-13,21-22H,1H2,2-5H3. The van der Waals surface area contributed by atoms with Gasteiger partial charge >= 0.3 is 0 Å². The van der Waals surface area contributed by atoms with Crippen molar-refractivity contribution < 1.29 is 35.8 Å². The highest BCUT2D eigenvalue weighted by atomic mass is 32.2. The largest absolute Gasteiger partial charge is 0.496 e. The molecule has 0 atom stereocenters. The zero-order valence-corrected chi connectivity index (χ0v) is 19.5. The van der Waals surface area contributed by atoms with E-state index in [-0.39, 0.29) is 17.1 Å². The number of ether oxygens (including phenoxy) is 4. The van der Waals surface area contributed by atoms with Gasteiger partial charge in [-0.1, -0.05) is 6.58 Å². The summed E-state index contributed by atoms with van der Waals surface area (Å²) in [4.78, 5) is 0. The Morgan fingerprint density at radius 3 is 1.88 bits per heavy atom. The summed E-state index contributed by atoms with van der Waals surface area (Å²) in [6.45, 7) is 3.22. The average molecular weight is 485 g/mol. The number of rotatable bonds is 11. The first kappa shape index (κ1) is 24.9. The first-order valence-corrected chi connectivity index (χ1v) is 12.0. The quantitative estimate of drug-likeness (QED) is 0.498. The molecule has 0 aromatic heterocycles. The SMILES string of the molecule is C=CS(=O)(=O)Nc1cc(NS(=O)(=O)C=Cc2c(OC)cc(OC)cc2OC)ccc1OC. The van der Waals surface area contributed by atoms with Crippen molar-refractivity contribution in [1.29, 1.82) is 0 Å². The minimum absolute atomic E-state index is 0.0371. The van der Waals surface area contributed by atoms with E-state index in [1.54, 1.807) is 12.1 Å². The lowest BCUT2D eigenvalue weighted by molar-refractivity contribution is 0.374. The van der Waals surface area contributed by atoms with Gasteiger partial charge in [0.25, 0.3) is 20.0 Å². The Labute approximate surface area is 187 Å². The molecule has 2 N–H and O–H groups in total. The maximum Gasteiger partial charge on any atom is 0.255 e. The molecule has 32 heavy (non-hydrogen) atoms. The van der Waals surface area contributed by atoms with Gasteiger partial charge in [0.2, 0.25) is 0 Å². The zero-order valence-electron chi connectivity index (χ0n) is 17.9. The van der Waals surface area contributed by atoms with Crippen LogP contribution >= 0.6 is 0 Å². The van der Waals surface area contributed by atoms with Crippen LogP contribution in [0, 0.1) is 0 Å². The third-order valence-electron chi connectivity index (χ3n) is 4.10. The molecular formula is C20H24N2O8S2. The van der Waals surface area contributed by atoms with Crippen LogP contribution in [-0.4, -0.2) is 45.3 Å². The monoisotopic (exact) mass is 484 g/mol. The minimum Gasteiger partial charge on any atom is -0.496 e. The van der Waals surface area contributed by atoms with Gasteiger partial charge in [0, 0.05) is 17.5 Å². The van der Waals surface area contributed by atoms with E-state index in [1.165, 1.54) is 52.7 Å². The van der Waals surface area contributed by atoms with E-state index >= 15 is 0 Å². The predicted octanol–water partition coefficient (Wildman–Crippen LogP) is 3.02. The van der Waals surface area contributed by atoms with Crippen LogP contribution in [-0.2, 0) is 20.0 Å². The lowest BCUT2D eigenvalue weighted by Gasteiger charge is -2.13. The molecule has 174 valence electrons. The van der Waals surface area contributed by atoms with Crippen LogP contribution in [0.5, 0.6) is 23.0 Å². The number of hydrogen-bond acceptors (Lipinski definition) is 8. The number of anilines is 2. The molecule has 2 aromatic carbocycles. The highest BCUT2D eigenvalue weighted by molar-refractivity contribution is 7.95. The number of benzene rings is 2. The van der Waals surface area contributed by atoms with Crippen molar-refractivity contribution in [3.8, 4) is 23.0 Å². The van der Waals surface area contributed by atoms with Crippen LogP contribution in [0.3, 0.4) is 0 Å². The van der Waals surface area contributed by atoms with Crippen molar-refractivity contribution in [2.75, 3.05) is 37.9 Å². The molecule has 0 aliphatic rings. The molecule has 0 radical (unpaired) electrons. The van der Waals surface area contributed by atoms with E-state index in [0.29, 0.717) is 22.8 Å². The van der Waals surface area contributed by atoms with Crippen LogP contribution in [0.4, 0.5) is 11.4 Å². The van der Waals surface area contributed by atoms with Gasteiger partial charge in [-0.15, -0.1) is 0 Å². The zero-order chi connectivity index (χ0) is 23.9. The lowest BCUT2D eigenvalue weighted by atomic mass is 10.1. The summed E-state index contributed by atoms with van der Waals surface area (Å²) in [5, 5.41) is 1.65. The second-order valence-corrected chi connectivity index (χ2v) is 9.32. The fraction of sp³-hybridized carbons (Fsp3) is 0.200. The molecule has 0 saturated carbocycles. The summed E-state index contributed by atoms with van der Waals surface area (Å²) in [6, 6.07) is 7.29. The molecule has 0 aliphatic carbocycles. The molecule has 0 unspecified atom stereocenters. The highest BCUT2D eigenvalue weighted by Gasteiger charge is 2.15. The summed E-state index contributed by atoms with van der Waals surface area (Å²) in [6.07, 6.45) is 1.31. The van der Waals surface area contributed by atoms with Gasteiger partial charge in [0.1, 0.15) is 23.0 Å². The molecule has 0 aliphatic heterocycles. The highest BCUT2D eigenvalue weighted by Crippen LogP contribution is 2.35. The molecule has 0 heterocycles. The number of nitrogens with one attached hydrogen (secondary N) is 2. The normalized spacial score (nSPS) is 11.6. The molecule has 0 saturated heterocycles. The fourth-order valence-corrected chi connectivity index (χ4v) is 3.99. The maximum absolute atomic E-state index is 12.6. The molecule has 2 aromatic rings. The molecule has 10 nitrogen and oxygen atoms in total. The lowest BCUT2D eigenvalue weighted by Crippen LogP contribution is -2.12. The van der Waals surface area contributed by atoms with Crippen LogP contribution in [0.25, 0.3) is 6.08 Å². The molecule has 0 bridgehead atoms.